The summed E-state index contributed by atoms with van der Waals surface area (Å²) in [5, 5.41) is 8.57. The van der Waals surface area contributed by atoms with Crippen LogP contribution in [0.15, 0.2) is 0 Å². The van der Waals surface area contributed by atoms with Crippen LogP contribution in [-0.2, 0) is 14.3 Å². The molecule has 1 fully saturated rings. The molecule has 0 amide bonds. The molecule has 0 bridgehead atoms. The van der Waals surface area contributed by atoms with Crippen LogP contribution in [-0.4, -0.2) is 22.6 Å². The maximum atomic E-state index is 12.0. The van der Waals surface area contributed by atoms with Gasteiger partial charge in [0.25, 0.3) is 0 Å². The highest BCUT2D eigenvalue weighted by molar-refractivity contribution is 5.70. The summed E-state index contributed by atoms with van der Waals surface area (Å²) >= 11 is 0. The number of carbonyl (C=O) groups is 2. The lowest BCUT2D eigenvalue weighted by atomic mass is 9.68. The van der Waals surface area contributed by atoms with Crippen molar-refractivity contribution < 1.29 is 19.4 Å². The average molecular weight is 284 g/mol. The molecule has 0 spiro atoms. The van der Waals surface area contributed by atoms with Crippen LogP contribution >= 0.6 is 0 Å². The Balaban J connectivity index is 2.49. The fraction of sp³-hybridized carbons (Fsp3) is 0.875. The zero-order chi connectivity index (χ0) is 15.2. The van der Waals surface area contributed by atoms with Crippen LogP contribution in [0.3, 0.4) is 0 Å². The Hall–Kier alpha value is -1.06. The van der Waals surface area contributed by atoms with E-state index in [4.69, 9.17) is 9.84 Å². The van der Waals surface area contributed by atoms with Gasteiger partial charge in [-0.25, -0.2) is 0 Å². The molecule has 0 aromatic carbocycles. The van der Waals surface area contributed by atoms with E-state index >= 15 is 0 Å². The van der Waals surface area contributed by atoms with Gasteiger partial charge in [-0.1, -0.05) is 27.2 Å². The van der Waals surface area contributed by atoms with Crippen LogP contribution in [0.4, 0.5) is 0 Å². The van der Waals surface area contributed by atoms with E-state index in [0.29, 0.717) is 19.3 Å². The third-order valence-corrected chi connectivity index (χ3v) is 4.36. The van der Waals surface area contributed by atoms with Crippen molar-refractivity contribution in [2.24, 2.45) is 5.41 Å². The normalized spacial score (nSPS) is 18.6. The van der Waals surface area contributed by atoms with E-state index in [-0.39, 0.29) is 23.4 Å². The molecule has 0 saturated heterocycles. The molecule has 0 radical (unpaired) electrons. The summed E-state index contributed by atoms with van der Waals surface area (Å²) in [5.74, 6) is -0.982. The number of aliphatic carboxylic acids is 1. The Morgan fingerprint density at radius 3 is 2.10 bits per heavy atom. The average Bonchev–Trinajstić information content (AvgIpc) is 2.34. The van der Waals surface area contributed by atoms with Crippen molar-refractivity contribution in [3.8, 4) is 0 Å². The molecule has 0 unspecified atom stereocenters. The highest BCUT2D eigenvalue weighted by atomic mass is 16.6. The number of esters is 1. The van der Waals surface area contributed by atoms with Gasteiger partial charge >= 0.3 is 11.9 Å². The first-order valence-electron chi connectivity index (χ1n) is 7.70. The van der Waals surface area contributed by atoms with Gasteiger partial charge < -0.3 is 9.84 Å². The van der Waals surface area contributed by atoms with Crippen LogP contribution in [0, 0.1) is 5.41 Å². The molecule has 116 valence electrons. The Labute approximate surface area is 121 Å². The summed E-state index contributed by atoms with van der Waals surface area (Å²) < 4.78 is 5.86. The summed E-state index contributed by atoms with van der Waals surface area (Å²) in [7, 11) is 0. The molecule has 0 aliphatic heterocycles. The van der Waals surface area contributed by atoms with Gasteiger partial charge in [0, 0.05) is 18.3 Å². The van der Waals surface area contributed by atoms with Crippen molar-refractivity contribution in [3.63, 3.8) is 0 Å². The SMILES string of the molecule is CC(C)(C)C1(OC(=O)CCCCC(=O)O)CCCCC1. The van der Waals surface area contributed by atoms with E-state index in [2.05, 4.69) is 20.8 Å². The van der Waals surface area contributed by atoms with Gasteiger partial charge in [0.15, 0.2) is 0 Å². The number of ether oxygens (including phenoxy) is 1. The topological polar surface area (TPSA) is 63.6 Å². The molecular formula is C16H28O4. The zero-order valence-corrected chi connectivity index (χ0v) is 13.0. The van der Waals surface area contributed by atoms with E-state index in [1.807, 2.05) is 0 Å². The lowest BCUT2D eigenvalue weighted by Crippen LogP contribution is -2.48. The first kappa shape index (κ1) is 17.0. The van der Waals surface area contributed by atoms with Crippen molar-refractivity contribution >= 4 is 11.9 Å². The second kappa shape index (κ2) is 7.09. The van der Waals surface area contributed by atoms with Gasteiger partial charge in [0.05, 0.1) is 0 Å². The minimum absolute atomic E-state index is 0.0514. The monoisotopic (exact) mass is 284 g/mol. The maximum absolute atomic E-state index is 12.0. The molecule has 0 aromatic rings. The van der Waals surface area contributed by atoms with Gasteiger partial charge in [0.1, 0.15) is 5.60 Å². The van der Waals surface area contributed by atoms with Gasteiger partial charge in [-0.15, -0.1) is 0 Å². The highest BCUT2D eigenvalue weighted by Crippen LogP contribution is 2.45. The molecule has 1 aliphatic carbocycles. The summed E-state index contributed by atoms with van der Waals surface area (Å²) in [6.45, 7) is 6.40. The van der Waals surface area contributed by atoms with Gasteiger partial charge in [-0.2, -0.15) is 0 Å². The highest BCUT2D eigenvalue weighted by Gasteiger charge is 2.45. The zero-order valence-electron chi connectivity index (χ0n) is 13.0. The van der Waals surface area contributed by atoms with Gasteiger partial charge in [-0.05, 0) is 38.5 Å². The van der Waals surface area contributed by atoms with E-state index in [0.717, 1.165) is 25.7 Å². The van der Waals surface area contributed by atoms with E-state index in [9.17, 15) is 9.59 Å². The summed E-state index contributed by atoms with van der Waals surface area (Å²) in [6.07, 6.45) is 6.90. The maximum Gasteiger partial charge on any atom is 0.306 e. The fourth-order valence-corrected chi connectivity index (χ4v) is 2.94. The van der Waals surface area contributed by atoms with Crippen LogP contribution in [0.5, 0.6) is 0 Å². The molecule has 1 saturated carbocycles. The smallest absolute Gasteiger partial charge is 0.306 e. The quantitative estimate of drug-likeness (QED) is 0.593. The van der Waals surface area contributed by atoms with Crippen molar-refractivity contribution in [1.82, 2.24) is 0 Å². The number of carbonyl (C=O) groups excluding carboxylic acids is 1. The van der Waals surface area contributed by atoms with Crippen molar-refractivity contribution in [1.29, 1.82) is 0 Å². The molecule has 0 heterocycles. The van der Waals surface area contributed by atoms with Crippen molar-refractivity contribution in [3.05, 3.63) is 0 Å². The molecule has 1 rings (SSSR count). The van der Waals surface area contributed by atoms with E-state index in [1.165, 1.54) is 6.42 Å². The summed E-state index contributed by atoms with van der Waals surface area (Å²) in [5.41, 5.74) is -0.390. The number of hydrogen-bond acceptors (Lipinski definition) is 3. The molecule has 4 heteroatoms. The molecule has 1 aliphatic rings. The molecule has 20 heavy (non-hydrogen) atoms. The Kier molecular flexibility index (Phi) is 6.03. The van der Waals surface area contributed by atoms with Crippen LogP contribution in [0.1, 0.15) is 78.6 Å². The lowest BCUT2D eigenvalue weighted by Gasteiger charge is -2.46. The van der Waals surface area contributed by atoms with Gasteiger partial charge in [0.2, 0.25) is 0 Å². The Morgan fingerprint density at radius 2 is 1.60 bits per heavy atom. The Bertz CT molecular complexity index is 335. The second-order valence-corrected chi connectivity index (χ2v) is 6.88. The Morgan fingerprint density at radius 1 is 1.05 bits per heavy atom. The molecular weight excluding hydrogens is 256 g/mol. The van der Waals surface area contributed by atoms with Gasteiger partial charge in [-0.3, -0.25) is 9.59 Å². The first-order valence-corrected chi connectivity index (χ1v) is 7.70. The van der Waals surface area contributed by atoms with E-state index in [1.54, 1.807) is 0 Å². The predicted octanol–water partition coefficient (Wildman–Crippen LogP) is 3.92. The standard InChI is InChI=1S/C16H28O4/c1-15(2,3)16(11-7-4-8-12-16)20-14(19)10-6-5-9-13(17)18/h4-12H2,1-3H3,(H,17,18). The van der Waals surface area contributed by atoms with Crippen LogP contribution in [0.25, 0.3) is 0 Å². The minimum atomic E-state index is -0.809. The molecule has 0 aromatic heterocycles. The van der Waals surface area contributed by atoms with Crippen molar-refractivity contribution in [2.45, 2.75) is 84.2 Å². The summed E-state index contributed by atoms with van der Waals surface area (Å²) in [6, 6.07) is 0. The second-order valence-electron chi connectivity index (χ2n) is 6.88. The minimum Gasteiger partial charge on any atom is -0.481 e. The number of carboxylic acids is 1. The third-order valence-electron chi connectivity index (χ3n) is 4.36. The van der Waals surface area contributed by atoms with Crippen molar-refractivity contribution in [2.75, 3.05) is 0 Å². The largest absolute Gasteiger partial charge is 0.481 e. The van der Waals surface area contributed by atoms with Crippen LogP contribution in [0.2, 0.25) is 0 Å². The predicted molar refractivity (Wildman–Crippen MR) is 77.5 cm³/mol. The van der Waals surface area contributed by atoms with Crippen LogP contribution < -0.4 is 0 Å². The van der Waals surface area contributed by atoms with E-state index < -0.39 is 5.97 Å². The lowest BCUT2D eigenvalue weighted by molar-refractivity contribution is -0.180. The molecule has 0 atom stereocenters. The third kappa shape index (κ3) is 4.80. The first-order chi connectivity index (χ1) is 9.27. The number of unbranched alkanes of at least 4 members (excludes halogenated alkanes) is 1. The molecule has 1 N–H and O–H groups in total. The fourth-order valence-electron chi connectivity index (χ4n) is 2.94. The number of carboxylic acid groups (broad SMARTS) is 1. The number of rotatable bonds is 6. The number of hydrogen-bond donors (Lipinski definition) is 1. The summed E-state index contributed by atoms with van der Waals surface area (Å²) in [4.78, 5) is 22.5. The molecule has 4 nitrogen and oxygen atoms in total.